The number of nitrogens with two attached hydrogens (primary N) is 1. The quantitative estimate of drug-likeness (QED) is 0.622. The van der Waals surface area contributed by atoms with Gasteiger partial charge in [-0.15, -0.1) is 10.2 Å². The van der Waals surface area contributed by atoms with E-state index in [1.54, 1.807) is 6.07 Å². The molecule has 2 N–H and O–H groups in total. The second-order valence-corrected chi connectivity index (χ2v) is 6.34. The maximum Gasteiger partial charge on any atom is 0.203 e. The first-order valence-electron chi connectivity index (χ1n) is 7.26. The van der Waals surface area contributed by atoms with Crippen molar-refractivity contribution in [2.24, 2.45) is 0 Å². The molecular weight excluding hydrogens is 320 g/mol. The van der Waals surface area contributed by atoms with E-state index in [-0.39, 0.29) is 0 Å². The van der Waals surface area contributed by atoms with Gasteiger partial charge in [0.15, 0.2) is 0 Å². The number of nitrogen functional groups attached to an aromatic ring is 1. The summed E-state index contributed by atoms with van der Waals surface area (Å²) in [5.74, 6) is 0. The van der Waals surface area contributed by atoms with Crippen molar-refractivity contribution >= 4 is 27.5 Å². The molecule has 0 bridgehead atoms. The van der Waals surface area contributed by atoms with E-state index in [1.807, 2.05) is 42.7 Å². The van der Waals surface area contributed by atoms with E-state index in [0.717, 1.165) is 27.2 Å². The fourth-order valence-corrected chi connectivity index (χ4v) is 3.22. The van der Waals surface area contributed by atoms with Crippen molar-refractivity contribution in [3.05, 3.63) is 59.9 Å². The molecule has 0 saturated heterocycles. The summed E-state index contributed by atoms with van der Waals surface area (Å²) in [7, 11) is 0. The molecule has 0 aliphatic carbocycles. The van der Waals surface area contributed by atoms with E-state index >= 15 is 0 Å². The minimum atomic E-state index is 0.452. The minimum absolute atomic E-state index is 0.452. The fourth-order valence-electron chi connectivity index (χ4n) is 2.61. The summed E-state index contributed by atoms with van der Waals surface area (Å²) in [6, 6.07) is 15.8. The molecule has 0 spiro atoms. The molecule has 4 aromatic rings. The Kier molecular flexibility index (Phi) is 3.44. The third kappa shape index (κ3) is 2.59. The molecule has 2 heterocycles. The van der Waals surface area contributed by atoms with Gasteiger partial charge in [-0.25, -0.2) is 4.98 Å². The second-order valence-electron chi connectivity index (χ2n) is 5.33. The summed E-state index contributed by atoms with van der Waals surface area (Å²) >= 11 is 1.35. The van der Waals surface area contributed by atoms with Gasteiger partial charge in [0.2, 0.25) is 5.13 Å². The zero-order valence-electron chi connectivity index (χ0n) is 12.5. The monoisotopic (exact) mass is 332 g/mol. The Hall–Kier alpha value is -3.24. The van der Waals surface area contributed by atoms with Crippen LogP contribution in [0.2, 0.25) is 0 Å². The molecule has 0 radical (unpaired) electrons. The second kappa shape index (κ2) is 5.76. The van der Waals surface area contributed by atoms with Crippen molar-refractivity contribution in [1.29, 1.82) is 5.26 Å². The molecule has 2 aromatic heterocycles. The zero-order valence-corrected chi connectivity index (χ0v) is 13.4. The Balaban J connectivity index is 1.69. The van der Waals surface area contributed by atoms with Crippen LogP contribution in [-0.2, 0) is 6.54 Å². The average Bonchev–Trinajstić information content (AvgIpc) is 3.21. The molecule has 24 heavy (non-hydrogen) atoms. The molecule has 0 fully saturated rings. The van der Waals surface area contributed by atoms with Crippen LogP contribution in [0.3, 0.4) is 0 Å². The van der Waals surface area contributed by atoms with Gasteiger partial charge in [0, 0.05) is 12.1 Å². The number of hydrogen-bond donors (Lipinski definition) is 1. The van der Waals surface area contributed by atoms with Gasteiger partial charge >= 0.3 is 0 Å². The third-order valence-corrected chi connectivity index (χ3v) is 4.52. The topological polar surface area (TPSA) is 93.4 Å². The molecule has 0 unspecified atom stereocenters. The Bertz CT molecular complexity index is 1070. The lowest BCUT2D eigenvalue weighted by molar-refractivity contribution is 0.824. The number of imidazole rings is 1. The summed E-state index contributed by atoms with van der Waals surface area (Å²) < 4.78 is 2.06. The van der Waals surface area contributed by atoms with Crippen LogP contribution in [0.5, 0.6) is 0 Å². The number of rotatable bonds is 3. The zero-order chi connectivity index (χ0) is 16.5. The third-order valence-electron chi connectivity index (χ3n) is 3.72. The number of hydrogen-bond acceptors (Lipinski definition) is 6. The van der Waals surface area contributed by atoms with Crippen molar-refractivity contribution in [3.63, 3.8) is 0 Å². The highest BCUT2D eigenvalue weighted by atomic mass is 32.1. The van der Waals surface area contributed by atoms with Gasteiger partial charge < -0.3 is 10.3 Å². The van der Waals surface area contributed by atoms with Gasteiger partial charge in [-0.1, -0.05) is 23.5 Å². The largest absolute Gasteiger partial charge is 0.374 e. The molecule has 0 aliphatic heterocycles. The normalized spacial score (nSPS) is 10.8. The molecule has 0 atom stereocenters. The highest BCUT2D eigenvalue weighted by molar-refractivity contribution is 7.18. The summed E-state index contributed by atoms with van der Waals surface area (Å²) in [5.41, 5.74) is 10.2. The Morgan fingerprint density at radius 2 is 2.08 bits per heavy atom. The number of anilines is 1. The van der Waals surface area contributed by atoms with Crippen LogP contribution in [0, 0.1) is 11.3 Å². The van der Waals surface area contributed by atoms with Crippen LogP contribution in [0.25, 0.3) is 21.6 Å². The van der Waals surface area contributed by atoms with Crippen molar-refractivity contribution in [2.45, 2.75) is 6.54 Å². The van der Waals surface area contributed by atoms with Crippen LogP contribution in [0.4, 0.5) is 5.13 Å². The molecule has 0 amide bonds. The first kappa shape index (κ1) is 14.4. The van der Waals surface area contributed by atoms with E-state index in [0.29, 0.717) is 17.2 Å². The highest BCUT2D eigenvalue weighted by Gasteiger charge is 2.09. The smallest absolute Gasteiger partial charge is 0.203 e. The van der Waals surface area contributed by atoms with E-state index < -0.39 is 0 Å². The molecular formula is C17H12N6S. The minimum Gasteiger partial charge on any atom is -0.374 e. The van der Waals surface area contributed by atoms with Crippen molar-refractivity contribution in [2.75, 3.05) is 5.73 Å². The number of aromatic nitrogens is 4. The van der Waals surface area contributed by atoms with Crippen molar-refractivity contribution in [3.8, 4) is 16.6 Å². The fraction of sp³-hybridized carbons (Fsp3) is 0.0588. The van der Waals surface area contributed by atoms with Crippen LogP contribution in [0.1, 0.15) is 11.1 Å². The van der Waals surface area contributed by atoms with Crippen molar-refractivity contribution < 1.29 is 0 Å². The van der Waals surface area contributed by atoms with Gasteiger partial charge in [0.25, 0.3) is 0 Å². The Labute approximate surface area is 141 Å². The number of benzene rings is 2. The first-order valence-corrected chi connectivity index (χ1v) is 8.08. The Morgan fingerprint density at radius 1 is 1.17 bits per heavy atom. The SMILES string of the molecule is N#Cc1cccc(Cn2cnc3cc(-c4nnc(N)s4)ccc32)c1. The lowest BCUT2D eigenvalue weighted by atomic mass is 10.1. The van der Waals surface area contributed by atoms with Gasteiger partial charge in [0.05, 0.1) is 29.0 Å². The maximum absolute atomic E-state index is 9.01. The lowest BCUT2D eigenvalue weighted by Gasteiger charge is -2.05. The number of fused-ring (bicyclic) bond motifs is 1. The van der Waals surface area contributed by atoms with Gasteiger partial charge in [-0.3, -0.25) is 0 Å². The van der Waals surface area contributed by atoms with E-state index in [4.69, 9.17) is 11.0 Å². The molecule has 6 nitrogen and oxygen atoms in total. The summed E-state index contributed by atoms with van der Waals surface area (Å²) in [4.78, 5) is 4.47. The molecule has 2 aromatic carbocycles. The molecule has 116 valence electrons. The van der Waals surface area contributed by atoms with Crippen LogP contribution in [0.15, 0.2) is 48.8 Å². The number of nitrogens with zero attached hydrogens (tertiary/aromatic N) is 5. The molecule has 0 saturated carbocycles. The molecule has 4 rings (SSSR count). The van der Waals surface area contributed by atoms with Crippen LogP contribution >= 0.6 is 11.3 Å². The first-order chi connectivity index (χ1) is 11.7. The summed E-state index contributed by atoms with van der Waals surface area (Å²) in [6.45, 7) is 0.664. The predicted molar refractivity (Wildman–Crippen MR) is 93.3 cm³/mol. The van der Waals surface area contributed by atoms with Gasteiger partial charge in [-0.05, 0) is 35.9 Å². The van der Waals surface area contributed by atoms with Gasteiger partial charge in [0.1, 0.15) is 5.01 Å². The van der Waals surface area contributed by atoms with E-state index in [9.17, 15) is 0 Å². The lowest BCUT2D eigenvalue weighted by Crippen LogP contribution is -1.98. The predicted octanol–water partition coefficient (Wildman–Crippen LogP) is 3.06. The maximum atomic E-state index is 9.01. The standard InChI is InChI=1S/C17H12N6S/c18-8-11-2-1-3-12(6-11)9-23-10-20-14-7-13(4-5-15(14)23)16-21-22-17(19)24-16/h1-7,10H,9H2,(H2,19,22). The molecule has 7 heteroatoms. The van der Waals surface area contributed by atoms with E-state index in [2.05, 4.69) is 25.8 Å². The van der Waals surface area contributed by atoms with Crippen LogP contribution < -0.4 is 5.73 Å². The summed E-state index contributed by atoms with van der Waals surface area (Å²) in [6.07, 6.45) is 1.81. The van der Waals surface area contributed by atoms with Crippen molar-refractivity contribution in [1.82, 2.24) is 19.7 Å². The molecule has 0 aliphatic rings. The van der Waals surface area contributed by atoms with E-state index in [1.165, 1.54) is 11.3 Å². The van der Waals surface area contributed by atoms with Gasteiger partial charge in [-0.2, -0.15) is 5.26 Å². The average molecular weight is 332 g/mol. The Morgan fingerprint density at radius 3 is 2.88 bits per heavy atom. The number of nitriles is 1. The van der Waals surface area contributed by atoms with Crippen LogP contribution in [-0.4, -0.2) is 19.7 Å². The highest BCUT2D eigenvalue weighted by Crippen LogP contribution is 2.27. The summed E-state index contributed by atoms with van der Waals surface area (Å²) in [5, 5.41) is 18.2.